The first kappa shape index (κ1) is 23.9. The van der Waals surface area contributed by atoms with Gasteiger partial charge in [0.25, 0.3) is 11.5 Å². The second kappa shape index (κ2) is 8.70. The van der Waals surface area contributed by atoms with Gasteiger partial charge in [0.15, 0.2) is 0 Å². The molecule has 0 atom stereocenters. The topological polar surface area (TPSA) is 101 Å². The van der Waals surface area contributed by atoms with Gasteiger partial charge in [-0.2, -0.15) is 0 Å². The van der Waals surface area contributed by atoms with E-state index in [1.165, 1.54) is 4.57 Å². The number of amides is 1. The summed E-state index contributed by atoms with van der Waals surface area (Å²) >= 11 is 0. The summed E-state index contributed by atoms with van der Waals surface area (Å²) in [4.78, 5) is 29.3. The summed E-state index contributed by atoms with van der Waals surface area (Å²) in [6.45, 7) is 3.28. The van der Waals surface area contributed by atoms with Gasteiger partial charge in [0.2, 0.25) is 10.0 Å². The first-order valence-electron chi connectivity index (χ1n) is 11.4. The van der Waals surface area contributed by atoms with Crippen LogP contribution >= 0.6 is 0 Å². The lowest BCUT2D eigenvalue weighted by Gasteiger charge is -2.14. The third-order valence-electron chi connectivity index (χ3n) is 6.29. The fourth-order valence-corrected chi connectivity index (χ4v) is 5.66. The number of carbonyl (C=O) groups is 1. The number of pyridine rings is 1. The maximum absolute atomic E-state index is 14.6. The maximum atomic E-state index is 14.6. The molecule has 1 fully saturated rings. The van der Waals surface area contributed by atoms with Crippen molar-refractivity contribution in [1.29, 1.82) is 0 Å². The largest absolute Gasteiger partial charge is 0.331 e. The highest BCUT2D eigenvalue weighted by atomic mass is 32.2. The zero-order valence-corrected chi connectivity index (χ0v) is 20.4. The van der Waals surface area contributed by atoms with Crippen LogP contribution in [-0.4, -0.2) is 29.1 Å². The molecule has 1 amide bonds. The molecule has 0 spiro atoms. The Morgan fingerprint density at radius 2 is 1.83 bits per heavy atom. The van der Waals surface area contributed by atoms with Crippen LogP contribution in [0.15, 0.2) is 53.3 Å². The van der Waals surface area contributed by atoms with Gasteiger partial charge in [-0.05, 0) is 69.2 Å². The standard InChI is InChI=1S/C26H23F2N3O4S/c1-14-3-10-22-20(11-14)23(19-8-4-15(2)29-25(19)32)24(26(33)30-36(34,35)18-6-7-18)31(22)13-16-12-17(27)5-9-21(16)28/h3-5,8-12,18H,6-7,13H2,1-2H3,(H,29,32)(H,30,33). The van der Waals surface area contributed by atoms with Crippen LogP contribution in [0.4, 0.5) is 8.78 Å². The summed E-state index contributed by atoms with van der Waals surface area (Å²) in [5, 5.41) is -0.149. The monoisotopic (exact) mass is 511 g/mol. The Morgan fingerprint density at radius 1 is 1.08 bits per heavy atom. The first-order chi connectivity index (χ1) is 17.0. The van der Waals surface area contributed by atoms with Crippen molar-refractivity contribution in [2.45, 2.75) is 38.5 Å². The van der Waals surface area contributed by atoms with Crippen LogP contribution in [0.5, 0.6) is 0 Å². The van der Waals surface area contributed by atoms with Gasteiger partial charge >= 0.3 is 0 Å². The van der Waals surface area contributed by atoms with Crippen LogP contribution in [-0.2, 0) is 16.6 Å². The number of H-pyrrole nitrogens is 1. The number of fused-ring (bicyclic) bond motifs is 1. The number of rotatable bonds is 6. The number of sulfonamides is 1. The number of nitrogens with zero attached hydrogens (tertiary/aromatic N) is 1. The lowest BCUT2D eigenvalue weighted by atomic mass is 10.0. The van der Waals surface area contributed by atoms with Crippen molar-refractivity contribution < 1.29 is 22.0 Å². The summed E-state index contributed by atoms with van der Waals surface area (Å²) in [6, 6.07) is 11.5. The lowest BCUT2D eigenvalue weighted by Crippen LogP contribution is -2.35. The molecule has 186 valence electrons. The summed E-state index contributed by atoms with van der Waals surface area (Å²) in [7, 11) is -3.93. The molecule has 2 heterocycles. The molecule has 10 heteroatoms. The predicted molar refractivity (Wildman–Crippen MR) is 132 cm³/mol. The number of halogens is 2. The van der Waals surface area contributed by atoms with Crippen molar-refractivity contribution in [3.63, 3.8) is 0 Å². The van der Waals surface area contributed by atoms with Crippen molar-refractivity contribution in [2.24, 2.45) is 0 Å². The SMILES string of the molecule is Cc1ccc2c(c1)c(-c1ccc(C)[nH]c1=O)c(C(=O)NS(=O)(=O)C1CC1)n2Cc1cc(F)ccc1F. The van der Waals surface area contributed by atoms with Crippen LogP contribution in [0.25, 0.3) is 22.0 Å². The van der Waals surface area contributed by atoms with E-state index in [9.17, 15) is 26.8 Å². The van der Waals surface area contributed by atoms with Crippen molar-refractivity contribution >= 4 is 26.8 Å². The molecule has 7 nitrogen and oxygen atoms in total. The van der Waals surface area contributed by atoms with Crippen LogP contribution in [0.2, 0.25) is 0 Å². The Kier molecular flexibility index (Phi) is 5.78. The number of nitrogens with one attached hydrogen (secondary N) is 2. The second-order valence-electron chi connectivity index (χ2n) is 9.13. The molecular formula is C26H23F2N3O4S. The van der Waals surface area contributed by atoms with E-state index in [-0.39, 0.29) is 28.9 Å². The van der Waals surface area contributed by atoms with Crippen LogP contribution < -0.4 is 10.3 Å². The number of aromatic nitrogens is 2. The average molecular weight is 512 g/mol. The molecule has 0 bridgehead atoms. The zero-order chi connectivity index (χ0) is 25.8. The maximum Gasteiger partial charge on any atom is 0.282 e. The molecule has 0 radical (unpaired) electrons. The number of hydrogen-bond donors (Lipinski definition) is 2. The predicted octanol–water partition coefficient (Wildman–Crippen LogP) is 4.16. The molecule has 0 saturated heterocycles. The molecule has 1 aliphatic rings. The molecule has 2 N–H and O–H groups in total. The van der Waals surface area contributed by atoms with Gasteiger partial charge in [-0.15, -0.1) is 0 Å². The molecule has 1 aliphatic carbocycles. The zero-order valence-electron chi connectivity index (χ0n) is 19.6. The summed E-state index contributed by atoms with van der Waals surface area (Å²) < 4.78 is 57.5. The average Bonchev–Trinajstić information content (AvgIpc) is 3.61. The van der Waals surface area contributed by atoms with Gasteiger partial charge in [0.1, 0.15) is 17.3 Å². The smallest absolute Gasteiger partial charge is 0.282 e. The van der Waals surface area contributed by atoms with Crippen molar-refractivity contribution in [1.82, 2.24) is 14.3 Å². The van der Waals surface area contributed by atoms with E-state index in [0.717, 1.165) is 23.8 Å². The molecule has 36 heavy (non-hydrogen) atoms. The number of aromatic amines is 1. The Bertz CT molecular complexity index is 1700. The highest BCUT2D eigenvalue weighted by molar-refractivity contribution is 7.91. The molecule has 2 aromatic heterocycles. The van der Waals surface area contributed by atoms with Crippen molar-refractivity contribution in [3.8, 4) is 11.1 Å². The first-order valence-corrected chi connectivity index (χ1v) is 12.9. The summed E-state index contributed by atoms with van der Waals surface area (Å²) in [5.41, 5.74) is 1.65. The minimum atomic E-state index is -3.93. The van der Waals surface area contributed by atoms with Crippen LogP contribution in [0, 0.1) is 25.5 Å². The van der Waals surface area contributed by atoms with E-state index < -0.39 is 38.4 Å². The quantitative estimate of drug-likeness (QED) is 0.406. The molecule has 2 aromatic carbocycles. The van der Waals surface area contributed by atoms with Gasteiger partial charge in [-0.1, -0.05) is 11.6 Å². The Balaban J connectivity index is 1.82. The molecule has 0 aliphatic heterocycles. The van der Waals surface area contributed by atoms with Crippen molar-refractivity contribution in [3.05, 3.63) is 93.0 Å². The van der Waals surface area contributed by atoms with E-state index in [0.29, 0.717) is 29.4 Å². The molecular weight excluding hydrogens is 488 g/mol. The second-order valence-corrected chi connectivity index (χ2v) is 11.1. The highest BCUT2D eigenvalue weighted by Crippen LogP contribution is 2.36. The minimum absolute atomic E-state index is 0.0315. The van der Waals surface area contributed by atoms with E-state index in [1.807, 2.05) is 6.92 Å². The van der Waals surface area contributed by atoms with Crippen LogP contribution in [0.1, 0.15) is 40.2 Å². The number of aryl methyl sites for hydroxylation is 2. The Hall–Kier alpha value is -3.79. The fourth-order valence-electron chi connectivity index (χ4n) is 4.38. The van der Waals surface area contributed by atoms with Gasteiger partial charge in [-0.25, -0.2) is 21.9 Å². The molecule has 0 unspecified atom stereocenters. The van der Waals surface area contributed by atoms with Crippen LogP contribution in [0.3, 0.4) is 0 Å². The summed E-state index contributed by atoms with van der Waals surface area (Å²) in [6.07, 6.45) is 0.896. The Morgan fingerprint density at radius 3 is 2.53 bits per heavy atom. The van der Waals surface area contributed by atoms with E-state index >= 15 is 0 Å². The number of carbonyl (C=O) groups excluding carboxylic acids is 1. The molecule has 1 saturated carbocycles. The van der Waals surface area contributed by atoms with E-state index in [4.69, 9.17) is 0 Å². The summed E-state index contributed by atoms with van der Waals surface area (Å²) in [5.74, 6) is -2.28. The van der Waals surface area contributed by atoms with Gasteiger partial charge in [-0.3, -0.25) is 9.59 Å². The molecule has 4 aromatic rings. The fraction of sp³-hybridized carbons (Fsp3) is 0.231. The molecule has 5 rings (SSSR count). The van der Waals surface area contributed by atoms with E-state index in [2.05, 4.69) is 9.71 Å². The third-order valence-corrected chi connectivity index (χ3v) is 8.11. The lowest BCUT2D eigenvalue weighted by molar-refractivity contribution is 0.0974. The normalized spacial score (nSPS) is 13.8. The Labute approximate surface area is 205 Å². The van der Waals surface area contributed by atoms with Crippen molar-refractivity contribution in [2.75, 3.05) is 0 Å². The third kappa shape index (κ3) is 4.32. The van der Waals surface area contributed by atoms with Gasteiger partial charge in [0, 0.05) is 33.3 Å². The number of hydrogen-bond acceptors (Lipinski definition) is 4. The minimum Gasteiger partial charge on any atom is -0.331 e. The van der Waals surface area contributed by atoms with Gasteiger partial charge < -0.3 is 9.55 Å². The highest BCUT2D eigenvalue weighted by Gasteiger charge is 2.38. The number of benzene rings is 2. The van der Waals surface area contributed by atoms with E-state index in [1.54, 1.807) is 37.3 Å². The van der Waals surface area contributed by atoms with Gasteiger partial charge in [0.05, 0.1) is 11.8 Å².